The molecule has 5 N–H and O–H groups in total. The highest BCUT2D eigenvalue weighted by atomic mass is 16.5. The van der Waals surface area contributed by atoms with Gasteiger partial charge in [0.2, 0.25) is 0 Å². The van der Waals surface area contributed by atoms with E-state index in [9.17, 15) is 19.5 Å². The van der Waals surface area contributed by atoms with Crippen molar-refractivity contribution in [3.8, 4) is 11.5 Å². The Balaban J connectivity index is 0.000000347. The number of ether oxygens (including phenoxy) is 2. The Bertz CT molecular complexity index is 1280. The fourth-order valence-corrected chi connectivity index (χ4v) is 4.07. The number of phenolic OH excluding ortho intramolecular Hbond substituents is 2. The molecule has 0 saturated carbocycles. The van der Waals surface area contributed by atoms with Crippen LogP contribution in [0.5, 0.6) is 11.5 Å². The van der Waals surface area contributed by atoms with E-state index in [0.29, 0.717) is 18.4 Å². The molecule has 3 aromatic carbocycles. The molecule has 3 rings (SSSR count). The first-order valence-electron chi connectivity index (χ1n) is 13.7. The first-order valence-corrected chi connectivity index (χ1v) is 13.7. The molecule has 0 unspecified atom stereocenters. The summed E-state index contributed by atoms with van der Waals surface area (Å²) in [6, 6.07) is 20.3. The number of nitrogens with two attached hydrogens (primary N) is 1. The standard InChI is InChI=1S/C22H27NO4.C11H15NO3/c1-22(2,3)17-9-7-16(8-10-17)21(26)23-18(14-20(25)27-4)13-15-5-11-19(24)12-6-15;1-15-11(14)7-9(12)6-8-2-4-10(13)5-3-8/h5-12,18,24H,13-14H2,1-4H3,(H,23,26);2-5,9,13H,6-7,12H2,1H3/t18-;9-/m00/s1. The SMILES string of the molecule is COC(=O)C[C@@H](N)Cc1ccc(O)cc1.COC(=O)C[C@H](Cc1ccc(O)cc1)NC(=O)c1ccc(C(C)(C)C)cc1. The molecule has 0 aliphatic carbocycles. The van der Waals surface area contributed by atoms with Gasteiger partial charge in [0.25, 0.3) is 5.91 Å². The zero-order valence-corrected chi connectivity index (χ0v) is 24.9. The number of carbonyl (C=O) groups is 3. The van der Waals surface area contributed by atoms with Gasteiger partial charge in [0.15, 0.2) is 0 Å². The van der Waals surface area contributed by atoms with Crippen molar-refractivity contribution in [3.63, 3.8) is 0 Å². The van der Waals surface area contributed by atoms with E-state index in [4.69, 9.17) is 15.6 Å². The summed E-state index contributed by atoms with van der Waals surface area (Å²) in [5.74, 6) is -0.530. The number of nitrogens with one attached hydrogen (secondary N) is 1. The second-order valence-electron chi connectivity index (χ2n) is 11.1. The summed E-state index contributed by atoms with van der Waals surface area (Å²) in [5.41, 5.74) is 9.36. The van der Waals surface area contributed by atoms with E-state index in [1.807, 2.05) is 12.1 Å². The minimum Gasteiger partial charge on any atom is -0.508 e. The van der Waals surface area contributed by atoms with Crippen molar-refractivity contribution in [2.75, 3.05) is 14.2 Å². The molecule has 0 bridgehead atoms. The van der Waals surface area contributed by atoms with E-state index >= 15 is 0 Å². The number of benzene rings is 3. The number of aromatic hydroxyl groups is 2. The van der Waals surface area contributed by atoms with Crippen LogP contribution in [-0.2, 0) is 37.3 Å². The van der Waals surface area contributed by atoms with Crippen LogP contribution in [-0.4, -0.2) is 54.4 Å². The molecule has 0 saturated heterocycles. The third-order valence-electron chi connectivity index (χ3n) is 6.50. The minimum atomic E-state index is -0.406. The quantitative estimate of drug-likeness (QED) is 0.259. The van der Waals surface area contributed by atoms with Crippen molar-refractivity contribution in [2.24, 2.45) is 5.73 Å². The Morgan fingerprint density at radius 2 is 1.19 bits per heavy atom. The van der Waals surface area contributed by atoms with E-state index in [-0.39, 0.29) is 53.6 Å². The molecule has 0 aliphatic rings. The lowest BCUT2D eigenvalue weighted by Gasteiger charge is -2.20. The van der Waals surface area contributed by atoms with Gasteiger partial charge in [0.05, 0.1) is 27.1 Å². The molecule has 1 amide bonds. The molecule has 0 aromatic heterocycles. The third kappa shape index (κ3) is 12.0. The summed E-state index contributed by atoms with van der Waals surface area (Å²) in [5, 5.41) is 21.4. The van der Waals surface area contributed by atoms with Gasteiger partial charge in [-0.1, -0.05) is 57.2 Å². The van der Waals surface area contributed by atoms with Gasteiger partial charge >= 0.3 is 11.9 Å². The summed E-state index contributed by atoms with van der Waals surface area (Å²) in [6.07, 6.45) is 1.33. The number of hydrogen-bond donors (Lipinski definition) is 4. The molecular weight excluding hydrogens is 536 g/mol. The fourth-order valence-electron chi connectivity index (χ4n) is 4.07. The van der Waals surface area contributed by atoms with Crippen molar-refractivity contribution < 1.29 is 34.1 Å². The average molecular weight is 579 g/mol. The normalized spacial score (nSPS) is 12.2. The number of rotatable bonds is 10. The zero-order valence-electron chi connectivity index (χ0n) is 24.9. The van der Waals surface area contributed by atoms with Gasteiger partial charge in [-0.05, 0) is 71.3 Å². The number of methoxy groups -OCH3 is 2. The zero-order chi connectivity index (χ0) is 31.3. The highest BCUT2D eigenvalue weighted by Gasteiger charge is 2.20. The summed E-state index contributed by atoms with van der Waals surface area (Å²) in [7, 11) is 2.67. The summed E-state index contributed by atoms with van der Waals surface area (Å²) in [6.45, 7) is 6.35. The molecular formula is C33H42N2O7. The van der Waals surface area contributed by atoms with Gasteiger partial charge in [0.1, 0.15) is 11.5 Å². The number of carbonyl (C=O) groups excluding carboxylic acids is 3. The molecule has 0 fully saturated rings. The maximum Gasteiger partial charge on any atom is 0.307 e. The second-order valence-corrected chi connectivity index (χ2v) is 11.1. The van der Waals surface area contributed by atoms with Crippen molar-refractivity contribution in [1.82, 2.24) is 5.32 Å². The third-order valence-corrected chi connectivity index (χ3v) is 6.50. The predicted octanol–water partition coefficient (Wildman–Crippen LogP) is 4.42. The number of amides is 1. The van der Waals surface area contributed by atoms with Gasteiger partial charge < -0.3 is 30.7 Å². The van der Waals surface area contributed by atoms with Crippen LogP contribution in [0.1, 0.15) is 60.7 Å². The molecule has 226 valence electrons. The molecule has 9 nitrogen and oxygen atoms in total. The van der Waals surface area contributed by atoms with Crippen molar-refractivity contribution in [3.05, 3.63) is 95.1 Å². The Morgan fingerprint density at radius 3 is 1.64 bits per heavy atom. The molecule has 0 spiro atoms. The van der Waals surface area contributed by atoms with E-state index < -0.39 is 6.04 Å². The Morgan fingerprint density at radius 1 is 0.738 bits per heavy atom. The van der Waals surface area contributed by atoms with Gasteiger partial charge in [-0.3, -0.25) is 14.4 Å². The predicted molar refractivity (Wildman–Crippen MR) is 161 cm³/mol. The van der Waals surface area contributed by atoms with Crippen LogP contribution in [0.25, 0.3) is 0 Å². The van der Waals surface area contributed by atoms with E-state index in [2.05, 4.69) is 30.8 Å². The first kappa shape index (κ1) is 33.8. The van der Waals surface area contributed by atoms with Crippen LogP contribution >= 0.6 is 0 Å². The Labute approximate surface area is 247 Å². The van der Waals surface area contributed by atoms with E-state index in [1.165, 1.54) is 14.2 Å². The van der Waals surface area contributed by atoms with Crippen LogP contribution in [0.4, 0.5) is 0 Å². The lowest BCUT2D eigenvalue weighted by Crippen LogP contribution is -2.38. The van der Waals surface area contributed by atoms with Gasteiger partial charge in [-0.15, -0.1) is 0 Å². The smallest absolute Gasteiger partial charge is 0.307 e. The van der Waals surface area contributed by atoms with Crippen LogP contribution in [0.2, 0.25) is 0 Å². The van der Waals surface area contributed by atoms with Gasteiger partial charge in [-0.25, -0.2) is 0 Å². The lowest BCUT2D eigenvalue weighted by atomic mass is 9.86. The Kier molecular flexibility index (Phi) is 13.0. The van der Waals surface area contributed by atoms with Crippen LogP contribution < -0.4 is 11.1 Å². The molecule has 9 heteroatoms. The maximum atomic E-state index is 12.6. The molecule has 0 radical (unpaired) electrons. The van der Waals surface area contributed by atoms with Crippen LogP contribution in [0, 0.1) is 0 Å². The minimum absolute atomic E-state index is 0.0152. The summed E-state index contributed by atoms with van der Waals surface area (Å²) >= 11 is 0. The van der Waals surface area contributed by atoms with Gasteiger partial charge in [-0.2, -0.15) is 0 Å². The topological polar surface area (TPSA) is 148 Å². The summed E-state index contributed by atoms with van der Waals surface area (Å²) < 4.78 is 9.27. The fraction of sp³-hybridized carbons (Fsp3) is 0.364. The van der Waals surface area contributed by atoms with Gasteiger partial charge in [0, 0.05) is 17.6 Å². The molecule has 2 atom stereocenters. The highest BCUT2D eigenvalue weighted by Crippen LogP contribution is 2.22. The number of phenols is 2. The number of hydrogen-bond acceptors (Lipinski definition) is 8. The second kappa shape index (κ2) is 16.2. The lowest BCUT2D eigenvalue weighted by molar-refractivity contribution is -0.142. The van der Waals surface area contributed by atoms with Crippen molar-refractivity contribution in [2.45, 2.75) is 64.0 Å². The van der Waals surface area contributed by atoms with E-state index in [1.54, 1.807) is 60.7 Å². The molecule has 3 aromatic rings. The monoisotopic (exact) mass is 578 g/mol. The van der Waals surface area contributed by atoms with Crippen molar-refractivity contribution >= 4 is 17.8 Å². The molecule has 42 heavy (non-hydrogen) atoms. The largest absolute Gasteiger partial charge is 0.508 e. The van der Waals surface area contributed by atoms with Crippen LogP contribution in [0.3, 0.4) is 0 Å². The number of esters is 2. The van der Waals surface area contributed by atoms with Crippen LogP contribution in [0.15, 0.2) is 72.8 Å². The first-order chi connectivity index (χ1) is 19.8. The maximum absolute atomic E-state index is 12.6. The Hall–Kier alpha value is -4.37. The average Bonchev–Trinajstić information content (AvgIpc) is 2.95. The van der Waals surface area contributed by atoms with Crippen molar-refractivity contribution in [1.29, 1.82) is 0 Å². The van der Waals surface area contributed by atoms with E-state index in [0.717, 1.165) is 16.7 Å². The molecule has 0 heterocycles. The molecule has 0 aliphatic heterocycles. The summed E-state index contributed by atoms with van der Waals surface area (Å²) in [4.78, 5) is 35.3. The highest BCUT2D eigenvalue weighted by molar-refractivity contribution is 5.94.